The Kier molecular flexibility index (Phi) is 4.10. The number of amides is 1. The lowest BCUT2D eigenvalue weighted by atomic mass is 10.2. The first-order chi connectivity index (χ1) is 9.22. The lowest BCUT2D eigenvalue weighted by Crippen LogP contribution is -2.14. The van der Waals surface area contributed by atoms with Crippen molar-refractivity contribution >= 4 is 11.6 Å². The Morgan fingerprint density at radius 1 is 1.37 bits per heavy atom. The predicted molar refractivity (Wildman–Crippen MR) is 73.1 cm³/mol. The fourth-order valence-corrected chi connectivity index (χ4v) is 1.58. The summed E-state index contributed by atoms with van der Waals surface area (Å²) in [5.74, 6) is 0.418. The first-order valence-electron chi connectivity index (χ1n) is 5.83. The van der Waals surface area contributed by atoms with Crippen molar-refractivity contribution in [3.8, 4) is 5.75 Å². The molecule has 0 radical (unpaired) electrons. The average molecular weight is 257 g/mol. The molecule has 1 aromatic carbocycles. The van der Waals surface area contributed by atoms with Gasteiger partial charge in [-0.3, -0.25) is 9.78 Å². The van der Waals surface area contributed by atoms with E-state index in [1.54, 1.807) is 43.6 Å². The molecule has 0 bridgehead atoms. The molecule has 0 fully saturated rings. The fraction of sp³-hybridized carbons (Fsp3) is 0.143. The van der Waals surface area contributed by atoms with Crippen LogP contribution in [0.1, 0.15) is 16.1 Å². The molecule has 0 unspecified atom stereocenters. The highest BCUT2D eigenvalue weighted by Crippen LogP contribution is 2.17. The lowest BCUT2D eigenvalue weighted by Gasteiger charge is -2.06. The summed E-state index contributed by atoms with van der Waals surface area (Å²) in [6.45, 7) is 0.408. The molecule has 2 rings (SSSR count). The molecule has 0 atom stereocenters. The van der Waals surface area contributed by atoms with Crippen LogP contribution >= 0.6 is 0 Å². The minimum Gasteiger partial charge on any atom is -0.497 e. The van der Waals surface area contributed by atoms with E-state index in [0.717, 1.165) is 5.56 Å². The van der Waals surface area contributed by atoms with Gasteiger partial charge in [-0.05, 0) is 23.8 Å². The molecule has 0 aliphatic carbocycles. The molecule has 0 saturated carbocycles. The third-order valence-electron chi connectivity index (χ3n) is 2.62. The van der Waals surface area contributed by atoms with Crippen molar-refractivity contribution in [2.45, 2.75) is 6.54 Å². The molecule has 19 heavy (non-hydrogen) atoms. The number of methoxy groups -OCH3 is 1. The van der Waals surface area contributed by atoms with E-state index in [2.05, 4.69) is 10.3 Å². The predicted octanol–water partition coefficient (Wildman–Crippen LogP) is 1.80. The van der Waals surface area contributed by atoms with E-state index in [9.17, 15) is 4.79 Å². The highest BCUT2D eigenvalue weighted by Gasteiger charge is 2.07. The van der Waals surface area contributed by atoms with Crippen molar-refractivity contribution in [3.05, 3.63) is 53.9 Å². The second kappa shape index (κ2) is 5.97. The van der Waals surface area contributed by atoms with Crippen molar-refractivity contribution in [3.63, 3.8) is 0 Å². The van der Waals surface area contributed by atoms with E-state index in [4.69, 9.17) is 10.5 Å². The number of aromatic nitrogens is 1. The van der Waals surface area contributed by atoms with Gasteiger partial charge in [-0.2, -0.15) is 0 Å². The van der Waals surface area contributed by atoms with Crippen molar-refractivity contribution in [2.75, 3.05) is 12.4 Å². The highest BCUT2D eigenvalue weighted by molar-refractivity contribution is 6.02. The summed E-state index contributed by atoms with van der Waals surface area (Å²) in [6, 6.07) is 10.6. The van der Waals surface area contributed by atoms with Crippen LogP contribution in [-0.4, -0.2) is 18.0 Å². The van der Waals surface area contributed by atoms with Crippen LogP contribution in [0.25, 0.3) is 0 Å². The molecule has 0 aliphatic rings. The first kappa shape index (κ1) is 13.0. The Bertz CT molecular complexity index is 567. The minimum absolute atomic E-state index is 0.267. The zero-order chi connectivity index (χ0) is 13.7. The fourth-order valence-electron chi connectivity index (χ4n) is 1.58. The average Bonchev–Trinajstić information content (AvgIpc) is 2.47. The van der Waals surface area contributed by atoms with Crippen LogP contribution in [-0.2, 0) is 6.54 Å². The number of hydrogen-bond donors (Lipinski definition) is 2. The second-order valence-electron chi connectivity index (χ2n) is 3.94. The van der Waals surface area contributed by atoms with E-state index >= 15 is 0 Å². The molecular formula is C14H15N3O2. The minimum atomic E-state index is -0.267. The summed E-state index contributed by atoms with van der Waals surface area (Å²) >= 11 is 0. The molecule has 1 heterocycles. The van der Waals surface area contributed by atoms with E-state index in [0.29, 0.717) is 23.7 Å². The molecule has 2 aromatic rings. The van der Waals surface area contributed by atoms with Gasteiger partial charge in [0, 0.05) is 24.5 Å². The number of nitrogens with zero attached hydrogens (tertiary/aromatic N) is 1. The van der Waals surface area contributed by atoms with Crippen LogP contribution in [0.3, 0.4) is 0 Å². The number of rotatable bonds is 4. The third-order valence-corrected chi connectivity index (χ3v) is 2.62. The number of anilines is 1. The monoisotopic (exact) mass is 257 g/mol. The maximum atomic E-state index is 12.0. The molecule has 1 aromatic heterocycles. The van der Waals surface area contributed by atoms with E-state index in [1.807, 2.05) is 6.07 Å². The molecule has 98 valence electrons. The van der Waals surface area contributed by atoms with Crippen molar-refractivity contribution in [1.82, 2.24) is 4.98 Å². The zero-order valence-electron chi connectivity index (χ0n) is 10.6. The van der Waals surface area contributed by atoms with Crippen LogP contribution in [0.5, 0.6) is 5.75 Å². The summed E-state index contributed by atoms with van der Waals surface area (Å²) in [7, 11) is 1.58. The summed E-state index contributed by atoms with van der Waals surface area (Å²) in [6.07, 6.45) is 1.60. The maximum Gasteiger partial charge on any atom is 0.274 e. The number of nitrogens with two attached hydrogens (primary N) is 1. The molecular weight excluding hydrogens is 242 g/mol. The Morgan fingerprint density at radius 2 is 2.21 bits per heavy atom. The van der Waals surface area contributed by atoms with Gasteiger partial charge in [0.15, 0.2) is 0 Å². The number of pyridine rings is 1. The Balaban J connectivity index is 2.11. The van der Waals surface area contributed by atoms with Gasteiger partial charge in [0.2, 0.25) is 0 Å². The van der Waals surface area contributed by atoms with Gasteiger partial charge < -0.3 is 15.8 Å². The van der Waals surface area contributed by atoms with Crippen molar-refractivity contribution in [1.29, 1.82) is 0 Å². The van der Waals surface area contributed by atoms with Crippen LogP contribution in [0.15, 0.2) is 42.6 Å². The topological polar surface area (TPSA) is 77.2 Å². The molecule has 5 nitrogen and oxygen atoms in total. The highest BCUT2D eigenvalue weighted by atomic mass is 16.5. The summed E-state index contributed by atoms with van der Waals surface area (Å²) in [5, 5.41) is 2.76. The van der Waals surface area contributed by atoms with Crippen LogP contribution < -0.4 is 15.8 Å². The maximum absolute atomic E-state index is 12.0. The van der Waals surface area contributed by atoms with Gasteiger partial charge in [0.25, 0.3) is 5.91 Å². The second-order valence-corrected chi connectivity index (χ2v) is 3.94. The zero-order valence-corrected chi connectivity index (χ0v) is 10.6. The number of ether oxygens (including phenoxy) is 1. The van der Waals surface area contributed by atoms with Gasteiger partial charge in [-0.1, -0.05) is 12.1 Å². The van der Waals surface area contributed by atoms with E-state index < -0.39 is 0 Å². The summed E-state index contributed by atoms with van der Waals surface area (Å²) in [5.41, 5.74) is 7.37. The molecule has 3 N–H and O–H groups in total. The largest absolute Gasteiger partial charge is 0.497 e. The molecule has 0 spiro atoms. The number of nitrogens with one attached hydrogen (secondary N) is 1. The smallest absolute Gasteiger partial charge is 0.274 e. The number of carbonyl (C=O) groups excluding carboxylic acids is 1. The number of hydrogen-bond acceptors (Lipinski definition) is 4. The van der Waals surface area contributed by atoms with Crippen LogP contribution in [0.4, 0.5) is 5.69 Å². The first-order valence-corrected chi connectivity index (χ1v) is 5.83. The molecule has 5 heteroatoms. The molecule has 1 amide bonds. The van der Waals surface area contributed by atoms with Crippen molar-refractivity contribution < 1.29 is 9.53 Å². The van der Waals surface area contributed by atoms with Crippen LogP contribution in [0.2, 0.25) is 0 Å². The lowest BCUT2D eigenvalue weighted by molar-refractivity contribution is 0.102. The number of benzene rings is 1. The van der Waals surface area contributed by atoms with Crippen LogP contribution in [0, 0.1) is 0 Å². The summed E-state index contributed by atoms with van der Waals surface area (Å²) < 4.78 is 5.09. The number of carbonyl (C=O) groups is 1. The molecule has 0 saturated heterocycles. The molecule has 0 aliphatic heterocycles. The Hall–Kier alpha value is -2.40. The standard InChI is InChI=1S/C14H15N3O2/c1-19-12-4-2-3-11(7-12)17-14(18)13-6-5-10(8-15)9-16-13/h2-7,9H,8,15H2,1H3,(H,17,18). The van der Waals surface area contributed by atoms with Gasteiger partial charge in [-0.15, -0.1) is 0 Å². The SMILES string of the molecule is COc1cccc(NC(=O)c2ccc(CN)cn2)c1. The van der Waals surface area contributed by atoms with Gasteiger partial charge >= 0.3 is 0 Å². The quantitative estimate of drug-likeness (QED) is 0.875. The van der Waals surface area contributed by atoms with Gasteiger partial charge in [0.1, 0.15) is 11.4 Å². The van der Waals surface area contributed by atoms with E-state index in [-0.39, 0.29) is 5.91 Å². The van der Waals surface area contributed by atoms with Gasteiger partial charge in [0.05, 0.1) is 7.11 Å². The van der Waals surface area contributed by atoms with Crippen molar-refractivity contribution in [2.24, 2.45) is 5.73 Å². The normalized spacial score (nSPS) is 10.0. The van der Waals surface area contributed by atoms with E-state index in [1.165, 1.54) is 0 Å². The Labute approximate surface area is 111 Å². The van der Waals surface area contributed by atoms with Gasteiger partial charge in [-0.25, -0.2) is 0 Å². The Morgan fingerprint density at radius 3 is 2.84 bits per heavy atom. The summed E-state index contributed by atoms with van der Waals surface area (Å²) in [4.78, 5) is 16.0. The third kappa shape index (κ3) is 3.29.